The number of hydrogen-bond acceptors (Lipinski definition) is 12. The van der Waals surface area contributed by atoms with Crippen molar-refractivity contribution in [3.8, 4) is 11.5 Å². The van der Waals surface area contributed by atoms with Crippen molar-refractivity contribution in [3.63, 3.8) is 0 Å². The zero-order valence-corrected chi connectivity index (χ0v) is 25.6. The van der Waals surface area contributed by atoms with Crippen LogP contribution in [0, 0.1) is 23.0 Å². The summed E-state index contributed by atoms with van der Waals surface area (Å²) in [6.45, 7) is 2.43. The molecule has 44 heavy (non-hydrogen) atoms. The van der Waals surface area contributed by atoms with Gasteiger partial charge in [-0.05, 0) is 49.4 Å². The van der Waals surface area contributed by atoms with Gasteiger partial charge in [-0.15, -0.1) is 9.89 Å². The molecule has 2 aromatic rings. The number of nitro benzene ring substituents is 1. The third-order valence-electron chi connectivity index (χ3n) is 6.30. The molecule has 0 radical (unpaired) electrons. The van der Waals surface area contributed by atoms with Gasteiger partial charge in [-0.2, -0.15) is 8.42 Å². The predicted octanol–water partition coefficient (Wildman–Crippen LogP) is 4.37. The van der Waals surface area contributed by atoms with Gasteiger partial charge in [0.15, 0.2) is 0 Å². The summed E-state index contributed by atoms with van der Waals surface area (Å²) in [5.41, 5.74) is 0.0321. The van der Waals surface area contributed by atoms with Gasteiger partial charge >= 0.3 is 28.4 Å². The first-order valence-corrected chi connectivity index (χ1v) is 14.6. The minimum absolute atomic E-state index is 0.0207. The second-order valence-electron chi connectivity index (χ2n) is 9.26. The Morgan fingerprint density at radius 2 is 1.66 bits per heavy atom. The van der Waals surface area contributed by atoms with E-state index in [0.29, 0.717) is 29.1 Å². The van der Waals surface area contributed by atoms with Crippen molar-refractivity contribution in [3.05, 3.63) is 57.1 Å². The van der Waals surface area contributed by atoms with Crippen LogP contribution in [-0.4, -0.2) is 88.4 Å². The lowest BCUT2D eigenvalue weighted by Gasteiger charge is -2.35. The number of carbonyl (C=O) groups is 3. The Labute approximate surface area is 257 Å². The number of guanidine groups is 1. The van der Waals surface area contributed by atoms with E-state index >= 15 is 0 Å². The van der Waals surface area contributed by atoms with Crippen LogP contribution in [0.25, 0.3) is 0 Å². The molecule has 0 aliphatic carbocycles. The van der Waals surface area contributed by atoms with E-state index in [9.17, 15) is 32.9 Å². The fourth-order valence-electron chi connectivity index (χ4n) is 4.17. The molecule has 3 rings (SSSR count). The van der Waals surface area contributed by atoms with Crippen LogP contribution < -0.4 is 8.92 Å². The lowest BCUT2D eigenvalue weighted by molar-refractivity contribution is -0.384. The molecule has 1 saturated heterocycles. The Bertz CT molecular complexity index is 1540. The Morgan fingerprint density at radius 1 is 1.05 bits per heavy atom. The van der Waals surface area contributed by atoms with Gasteiger partial charge in [0.1, 0.15) is 21.4 Å². The summed E-state index contributed by atoms with van der Waals surface area (Å²) in [6.07, 6.45) is -2.29. The summed E-state index contributed by atoms with van der Waals surface area (Å²) in [5.74, 6) is -0.127. The van der Waals surface area contributed by atoms with Crippen molar-refractivity contribution >= 4 is 51.6 Å². The third-order valence-corrected chi connectivity index (χ3v) is 8.10. The highest BCUT2D eigenvalue weighted by molar-refractivity contribution is 7.87. The Morgan fingerprint density at radius 3 is 2.23 bits per heavy atom. The van der Waals surface area contributed by atoms with Crippen LogP contribution in [0.15, 0.2) is 46.3 Å². The van der Waals surface area contributed by atoms with Crippen molar-refractivity contribution in [2.75, 3.05) is 41.0 Å². The topological polar surface area (TPSA) is 193 Å². The zero-order valence-electron chi connectivity index (χ0n) is 24.1. The van der Waals surface area contributed by atoms with Crippen molar-refractivity contribution in [2.45, 2.75) is 24.7 Å². The number of rotatable bonds is 7. The molecule has 3 amide bonds. The number of imide groups is 1. The number of carbonyl (C=O) groups excluding carboxylic acids is 3. The highest BCUT2D eigenvalue weighted by atomic mass is 35.5. The predicted molar refractivity (Wildman–Crippen MR) is 153 cm³/mol. The highest BCUT2D eigenvalue weighted by Crippen LogP contribution is 2.33. The van der Waals surface area contributed by atoms with Crippen LogP contribution in [-0.2, 0) is 24.3 Å². The molecule has 0 atom stereocenters. The van der Waals surface area contributed by atoms with E-state index in [4.69, 9.17) is 20.5 Å². The summed E-state index contributed by atoms with van der Waals surface area (Å²) in [6, 6.07) is 7.83. The van der Waals surface area contributed by atoms with E-state index in [1.54, 1.807) is 13.0 Å². The SMILES string of the molecule is COC(=O)N=C(N1CCC(COc2cc(C)cc(OS(=O)(=O)c3cccc([N+](=O)[O-])c3Cl)c2)CC1)N(C(=O)OC)C(=O)OC. The average Bonchev–Trinajstić information content (AvgIpc) is 2.98. The van der Waals surface area contributed by atoms with Gasteiger partial charge in [-0.1, -0.05) is 17.7 Å². The maximum atomic E-state index is 12.9. The van der Waals surface area contributed by atoms with Crippen LogP contribution in [0.2, 0.25) is 5.02 Å². The van der Waals surface area contributed by atoms with Crippen molar-refractivity contribution < 1.29 is 50.9 Å². The zero-order chi connectivity index (χ0) is 32.6. The van der Waals surface area contributed by atoms with E-state index < -0.39 is 48.9 Å². The number of methoxy groups -OCH3 is 3. The number of hydrogen-bond donors (Lipinski definition) is 0. The second-order valence-corrected chi connectivity index (χ2v) is 11.2. The number of benzene rings is 2. The Balaban J connectivity index is 1.70. The summed E-state index contributed by atoms with van der Waals surface area (Å²) in [7, 11) is -1.33. The number of aliphatic imine (C=N–C) groups is 1. The summed E-state index contributed by atoms with van der Waals surface area (Å²) < 4.78 is 50.8. The Hall–Kier alpha value is -4.64. The number of nitrogens with zero attached hydrogens (tertiary/aromatic N) is 4. The number of aryl methyl sites for hydroxylation is 1. The molecule has 1 heterocycles. The molecule has 0 saturated carbocycles. The van der Waals surface area contributed by atoms with Crippen molar-refractivity contribution in [2.24, 2.45) is 10.9 Å². The molecule has 18 heteroatoms. The van der Waals surface area contributed by atoms with E-state index in [0.717, 1.165) is 33.5 Å². The van der Waals surface area contributed by atoms with E-state index in [1.807, 2.05) is 0 Å². The van der Waals surface area contributed by atoms with Gasteiger partial charge in [0.2, 0.25) is 5.96 Å². The first-order valence-electron chi connectivity index (χ1n) is 12.8. The number of nitro groups is 1. The van der Waals surface area contributed by atoms with Gasteiger partial charge in [0.05, 0.1) is 32.9 Å². The van der Waals surface area contributed by atoms with Crippen LogP contribution in [0.3, 0.4) is 0 Å². The fraction of sp³-hybridized carbons (Fsp3) is 0.385. The van der Waals surface area contributed by atoms with Gasteiger partial charge in [-0.25, -0.2) is 14.4 Å². The maximum Gasteiger partial charge on any atom is 0.436 e. The molecule has 0 unspecified atom stereocenters. The first-order chi connectivity index (χ1) is 20.8. The van der Waals surface area contributed by atoms with Crippen LogP contribution >= 0.6 is 11.6 Å². The summed E-state index contributed by atoms with van der Waals surface area (Å²) in [5, 5.41) is 10.6. The second kappa shape index (κ2) is 14.7. The largest absolute Gasteiger partial charge is 0.493 e. The molecule has 0 aromatic heterocycles. The summed E-state index contributed by atoms with van der Waals surface area (Å²) in [4.78, 5) is 52.1. The number of amides is 3. The molecule has 1 fully saturated rings. The number of ether oxygens (including phenoxy) is 4. The van der Waals surface area contributed by atoms with Gasteiger partial charge in [-0.3, -0.25) is 10.1 Å². The molecule has 1 aliphatic heterocycles. The van der Waals surface area contributed by atoms with Crippen molar-refractivity contribution in [1.82, 2.24) is 9.80 Å². The molecule has 1 aliphatic rings. The normalized spacial score (nSPS) is 13.9. The molecular formula is C26H29ClN4O12S. The van der Waals surface area contributed by atoms with E-state index in [2.05, 4.69) is 19.2 Å². The fourth-order valence-corrected chi connectivity index (χ4v) is 5.66. The standard InChI is InChI=1S/C26H29ClN4O12S/c1-16-12-18(14-19(13-16)43-44(37,38)21-7-5-6-20(22(21)27)31(35)36)42-15-17-8-10-29(11-9-17)23(28-24(32)39-2)30(25(33)40-3)26(34)41-4/h5-7,12-14,17H,8-11,15H2,1-4H3. The third kappa shape index (κ3) is 8.25. The van der Waals surface area contributed by atoms with Crippen molar-refractivity contribution in [1.29, 1.82) is 0 Å². The number of halogens is 1. The highest BCUT2D eigenvalue weighted by Gasteiger charge is 2.35. The monoisotopic (exact) mass is 656 g/mol. The minimum Gasteiger partial charge on any atom is -0.493 e. The van der Waals surface area contributed by atoms with Gasteiger partial charge in [0, 0.05) is 25.2 Å². The Kier molecular flexibility index (Phi) is 11.3. The number of piperidine rings is 1. The van der Waals surface area contributed by atoms with Crippen LogP contribution in [0.1, 0.15) is 18.4 Å². The molecule has 238 valence electrons. The summed E-state index contributed by atoms with van der Waals surface area (Å²) >= 11 is 5.97. The molecule has 0 spiro atoms. The van der Waals surface area contributed by atoms with Crippen LogP contribution in [0.4, 0.5) is 20.1 Å². The molecular weight excluding hydrogens is 628 g/mol. The smallest absolute Gasteiger partial charge is 0.436 e. The maximum absolute atomic E-state index is 12.9. The van der Waals surface area contributed by atoms with E-state index in [1.165, 1.54) is 23.1 Å². The lowest BCUT2D eigenvalue weighted by Crippen LogP contribution is -2.53. The molecule has 0 N–H and O–H groups in total. The quantitative estimate of drug-likeness (QED) is 0.102. The van der Waals surface area contributed by atoms with Crippen LogP contribution in [0.5, 0.6) is 11.5 Å². The minimum atomic E-state index is -4.53. The molecule has 0 bridgehead atoms. The molecule has 16 nitrogen and oxygen atoms in total. The molecule has 2 aromatic carbocycles. The number of likely N-dealkylation sites (tertiary alicyclic amines) is 1. The first kappa shape index (κ1) is 33.9. The van der Waals surface area contributed by atoms with Gasteiger partial charge in [0.25, 0.3) is 5.69 Å². The lowest BCUT2D eigenvalue weighted by atomic mass is 9.98. The average molecular weight is 657 g/mol. The van der Waals surface area contributed by atoms with E-state index in [-0.39, 0.29) is 37.3 Å². The van der Waals surface area contributed by atoms with Gasteiger partial charge < -0.3 is 28.0 Å².